The van der Waals surface area contributed by atoms with Crippen LogP contribution < -0.4 is 10.9 Å². The summed E-state index contributed by atoms with van der Waals surface area (Å²) < 4.78 is 7.45. The molecule has 200 valence electrons. The number of carbonyl (C=O) groups is 2. The van der Waals surface area contributed by atoms with E-state index in [2.05, 4.69) is 21.2 Å². The van der Waals surface area contributed by atoms with E-state index in [1.807, 2.05) is 54.6 Å². The van der Waals surface area contributed by atoms with Crippen molar-refractivity contribution in [2.24, 2.45) is 5.92 Å². The number of carbonyl (C=O) groups excluding carboxylic acids is 2. The number of methoxy groups -OCH3 is 1. The largest absolute Gasteiger partial charge is 0.464 e. The van der Waals surface area contributed by atoms with Crippen LogP contribution in [0, 0.1) is 5.92 Å². The quantitative estimate of drug-likeness (QED) is 0.248. The summed E-state index contributed by atoms with van der Waals surface area (Å²) in [6.45, 7) is 0.854. The van der Waals surface area contributed by atoms with E-state index in [0.29, 0.717) is 34.4 Å². The number of nitrogens with one attached hydrogen (secondary N) is 1. The first-order valence-corrected chi connectivity index (χ1v) is 14.1. The zero-order valence-electron chi connectivity index (χ0n) is 21.9. The highest BCUT2D eigenvalue weighted by Gasteiger charge is 2.24. The number of pyridine rings is 1. The molecule has 1 heterocycles. The minimum absolute atomic E-state index is 0.0952. The normalized spacial score (nSPS) is 13.8. The van der Waals surface area contributed by atoms with Gasteiger partial charge in [0.1, 0.15) is 5.69 Å². The number of aromatic nitrogens is 1. The maximum Gasteiger partial charge on any atom is 0.355 e. The SMILES string of the molecule is COC(=O)c1c(-c2ccccc2)c2cc(Br)ccc2c(=O)n1Cc1ccc(C(=O)NCC2CCCCC2)cc1. The Labute approximate surface area is 236 Å². The van der Waals surface area contributed by atoms with Crippen LogP contribution in [0.2, 0.25) is 0 Å². The lowest BCUT2D eigenvalue weighted by Gasteiger charge is -2.21. The van der Waals surface area contributed by atoms with E-state index in [4.69, 9.17) is 4.74 Å². The Bertz CT molecular complexity index is 1560. The van der Waals surface area contributed by atoms with E-state index < -0.39 is 5.97 Å². The first kappa shape index (κ1) is 26.9. The number of esters is 1. The van der Waals surface area contributed by atoms with Crippen LogP contribution in [0.25, 0.3) is 21.9 Å². The highest BCUT2D eigenvalue weighted by molar-refractivity contribution is 9.10. The van der Waals surface area contributed by atoms with Crippen molar-refractivity contribution >= 4 is 38.6 Å². The molecule has 1 N–H and O–H groups in total. The lowest BCUT2D eigenvalue weighted by atomic mass is 9.89. The van der Waals surface area contributed by atoms with E-state index in [9.17, 15) is 14.4 Å². The van der Waals surface area contributed by atoms with Crippen LogP contribution in [-0.4, -0.2) is 30.1 Å². The molecule has 5 rings (SSSR count). The second kappa shape index (κ2) is 12.0. The van der Waals surface area contributed by atoms with E-state index in [-0.39, 0.29) is 23.7 Å². The highest BCUT2D eigenvalue weighted by Crippen LogP contribution is 2.33. The van der Waals surface area contributed by atoms with Gasteiger partial charge in [-0.25, -0.2) is 4.79 Å². The average molecular weight is 588 g/mol. The molecule has 1 saturated carbocycles. The molecule has 0 saturated heterocycles. The summed E-state index contributed by atoms with van der Waals surface area (Å²) in [6.07, 6.45) is 6.10. The Morgan fingerprint density at radius 2 is 1.67 bits per heavy atom. The van der Waals surface area contributed by atoms with E-state index in [1.165, 1.54) is 43.8 Å². The van der Waals surface area contributed by atoms with Crippen LogP contribution in [0.5, 0.6) is 0 Å². The van der Waals surface area contributed by atoms with Gasteiger partial charge < -0.3 is 10.1 Å². The monoisotopic (exact) mass is 586 g/mol. The van der Waals surface area contributed by atoms with Gasteiger partial charge in [-0.2, -0.15) is 0 Å². The molecule has 6 nitrogen and oxygen atoms in total. The number of halogens is 1. The molecule has 0 radical (unpaired) electrons. The Balaban J connectivity index is 1.51. The van der Waals surface area contributed by atoms with Crippen molar-refractivity contribution in [3.05, 3.63) is 104 Å². The van der Waals surface area contributed by atoms with Crippen molar-refractivity contribution in [1.82, 2.24) is 9.88 Å². The first-order chi connectivity index (χ1) is 19.0. The van der Waals surface area contributed by atoms with E-state index >= 15 is 0 Å². The van der Waals surface area contributed by atoms with Gasteiger partial charge in [0.2, 0.25) is 0 Å². The fourth-order valence-corrected chi connectivity index (χ4v) is 5.81. The fraction of sp³-hybridized carbons (Fsp3) is 0.281. The second-order valence-electron chi connectivity index (χ2n) is 10.1. The van der Waals surface area contributed by atoms with Crippen molar-refractivity contribution in [3.63, 3.8) is 0 Å². The van der Waals surface area contributed by atoms with Gasteiger partial charge in [0.15, 0.2) is 0 Å². The molecule has 1 fully saturated rings. The van der Waals surface area contributed by atoms with Crippen LogP contribution in [0.1, 0.15) is 58.5 Å². The number of amides is 1. The maximum atomic E-state index is 13.8. The number of nitrogens with zero attached hydrogens (tertiary/aromatic N) is 1. The summed E-state index contributed by atoms with van der Waals surface area (Å²) in [6, 6.07) is 22.2. The minimum Gasteiger partial charge on any atom is -0.464 e. The molecular formula is C32H31BrN2O4. The number of benzene rings is 3. The summed E-state index contributed by atoms with van der Waals surface area (Å²) in [7, 11) is 1.32. The van der Waals surface area contributed by atoms with Crippen molar-refractivity contribution in [2.75, 3.05) is 13.7 Å². The van der Waals surface area contributed by atoms with Gasteiger partial charge in [0.05, 0.1) is 13.7 Å². The van der Waals surface area contributed by atoms with Crippen LogP contribution in [0.3, 0.4) is 0 Å². The van der Waals surface area contributed by atoms with Gasteiger partial charge in [0, 0.05) is 27.5 Å². The number of hydrogen-bond donors (Lipinski definition) is 1. The molecule has 39 heavy (non-hydrogen) atoms. The predicted molar refractivity (Wildman–Crippen MR) is 157 cm³/mol. The van der Waals surface area contributed by atoms with Gasteiger partial charge in [-0.3, -0.25) is 14.2 Å². The molecule has 1 aliphatic carbocycles. The second-order valence-corrected chi connectivity index (χ2v) is 11.0. The Kier molecular flexibility index (Phi) is 8.27. The third-order valence-corrected chi connectivity index (χ3v) is 8.00. The molecular weight excluding hydrogens is 556 g/mol. The molecule has 0 spiro atoms. The maximum absolute atomic E-state index is 13.8. The lowest BCUT2D eigenvalue weighted by molar-refractivity contribution is 0.0588. The molecule has 0 unspecified atom stereocenters. The standard InChI is InChI=1S/C32H31BrN2O4/c1-39-32(38)29-28(23-10-6-3-7-11-23)27-18-25(33)16-17-26(27)31(37)35(29)20-22-12-14-24(15-13-22)30(36)34-19-21-8-4-2-5-9-21/h3,6-7,10-18,21H,2,4-5,8-9,19-20H2,1H3,(H,34,36). The zero-order chi connectivity index (χ0) is 27.4. The van der Waals surface area contributed by atoms with Crippen LogP contribution >= 0.6 is 15.9 Å². The third kappa shape index (κ3) is 5.83. The van der Waals surface area contributed by atoms with Crippen molar-refractivity contribution < 1.29 is 14.3 Å². The van der Waals surface area contributed by atoms with Crippen molar-refractivity contribution in [1.29, 1.82) is 0 Å². The first-order valence-electron chi connectivity index (χ1n) is 13.3. The molecule has 1 aromatic heterocycles. The van der Waals surface area contributed by atoms with Gasteiger partial charge in [-0.15, -0.1) is 0 Å². The molecule has 7 heteroatoms. The molecule has 1 amide bonds. The van der Waals surface area contributed by atoms with E-state index in [1.54, 1.807) is 18.2 Å². The fourth-order valence-electron chi connectivity index (χ4n) is 5.45. The Morgan fingerprint density at radius 1 is 0.949 bits per heavy atom. The Hall–Kier alpha value is -3.71. The summed E-state index contributed by atoms with van der Waals surface area (Å²) in [5.41, 5.74) is 2.71. The predicted octanol–water partition coefficient (Wildman–Crippen LogP) is 6.58. The smallest absolute Gasteiger partial charge is 0.355 e. The molecule has 1 aliphatic rings. The number of ether oxygens (including phenoxy) is 1. The van der Waals surface area contributed by atoms with Gasteiger partial charge in [0.25, 0.3) is 11.5 Å². The molecule has 0 bridgehead atoms. The Morgan fingerprint density at radius 3 is 2.36 bits per heavy atom. The van der Waals surface area contributed by atoms with Crippen LogP contribution in [-0.2, 0) is 11.3 Å². The summed E-state index contributed by atoms with van der Waals surface area (Å²) in [5, 5.41) is 4.24. The number of rotatable bonds is 7. The molecule has 3 aromatic carbocycles. The molecule has 4 aromatic rings. The van der Waals surface area contributed by atoms with E-state index in [0.717, 1.165) is 15.6 Å². The van der Waals surface area contributed by atoms with Gasteiger partial charge in [-0.1, -0.05) is 77.7 Å². The summed E-state index contributed by atoms with van der Waals surface area (Å²) >= 11 is 3.51. The topological polar surface area (TPSA) is 77.4 Å². The minimum atomic E-state index is -0.591. The van der Waals surface area contributed by atoms with Gasteiger partial charge in [-0.05, 0) is 65.6 Å². The number of hydrogen-bond acceptors (Lipinski definition) is 4. The van der Waals surface area contributed by atoms with Crippen LogP contribution in [0.15, 0.2) is 82.1 Å². The van der Waals surface area contributed by atoms with Gasteiger partial charge >= 0.3 is 5.97 Å². The van der Waals surface area contributed by atoms with Crippen molar-refractivity contribution in [3.8, 4) is 11.1 Å². The third-order valence-electron chi connectivity index (χ3n) is 7.51. The van der Waals surface area contributed by atoms with Crippen LogP contribution in [0.4, 0.5) is 0 Å². The summed E-state index contributed by atoms with van der Waals surface area (Å²) in [5.74, 6) is -0.133. The van der Waals surface area contributed by atoms with Crippen molar-refractivity contribution in [2.45, 2.75) is 38.6 Å². The zero-order valence-corrected chi connectivity index (χ0v) is 23.5. The molecule has 0 atom stereocenters. The lowest BCUT2D eigenvalue weighted by Crippen LogP contribution is -2.30. The average Bonchev–Trinajstić information content (AvgIpc) is 2.98. The highest BCUT2D eigenvalue weighted by atomic mass is 79.9. The number of fused-ring (bicyclic) bond motifs is 1. The molecule has 0 aliphatic heterocycles. The summed E-state index contributed by atoms with van der Waals surface area (Å²) in [4.78, 5) is 39.7.